The van der Waals surface area contributed by atoms with Crippen LogP contribution in [0, 0.1) is 5.92 Å². The largest absolute Gasteiger partial charge is 0.465 e. The molecule has 4 heteroatoms. The van der Waals surface area contributed by atoms with Crippen molar-refractivity contribution in [3.8, 4) is 0 Å². The SMILES string of the molecule is COCCNCC(=Cc1ccc(C(=O)OC)cc1)C(C)C. The summed E-state index contributed by atoms with van der Waals surface area (Å²) in [4.78, 5) is 11.4. The fourth-order valence-corrected chi connectivity index (χ4v) is 1.88. The molecule has 1 aromatic rings. The highest BCUT2D eigenvalue weighted by Crippen LogP contribution is 2.15. The minimum atomic E-state index is -0.309. The second-order valence-electron chi connectivity index (χ2n) is 5.16. The van der Waals surface area contributed by atoms with Crippen molar-refractivity contribution in [1.82, 2.24) is 5.32 Å². The van der Waals surface area contributed by atoms with Crippen molar-refractivity contribution in [2.45, 2.75) is 13.8 Å². The first-order valence-corrected chi connectivity index (χ1v) is 7.17. The Balaban J connectivity index is 2.73. The van der Waals surface area contributed by atoms with E-state index in [4.69, 9.17) is 9.47 Å². The topological polar surface area (TPSA) is 47.6 Å². The molecule has 1 rings (SSSR count). The molecule has 1 aromatic carbocycles. The monoisotopic (exact) mass is 291 g/mol. The van der Waals surface area contributed by atoms with Gasteiger partial charge in [0.1, 0.15) is 0 Å². The second-order valence-corrected chi connectivity index (χ2v) is 5.16. The van der Waals surface area contributed by atoms with E-state index in [0.29, 0.717) is 18.1 Å². The van der Waals surface area contributed by atoms with E-state index in [2.05, 4.69) is 25.2 Å². The molecule has 0 fully saturated rings. The van der Waals surface area contributed by atoms with Crippen molar-refractivity contribution in [1.29, 1.82) is 0 Å². The highest BCUT2D eigenvalue weighted by atomic mass is 16.5. The number of carbonyl (C=O) groups is 1. The second kappa shape index (κ2) is 9.32. The lowest BCUT2D eigenvalue weighted by Crippen LogP contribution is -2.23. The van der Waals surface area contributed by atoms with Crippen LogP contribution in [0.3, 0.4) is 0 Å². The van der Waals surface area contributed by atoms with E-state index in [-0.39, 0.29) is 5.97 Å². The maximum absolute atomic E-state index is 11.4. The van der Waals surface area contributed by atoms with Gasteiger partial charge in [-0.2, -0.15) is 0 Å². The Kier molecular flexibility index (Phi) is 7.72. The Morgan fingerprint density at radius 1 is 1.24 bits per heavy atom. The molecule has 0 bridgehead atoms. The average Bonchev–Trinajstić information content (AvgIpc) is 2.50. The molecule has 0 spiro atoms. The lowest BCUT2D eigenvalue weighted by atomic mass is 9.99. The van der Waals surface area contributed by atoms with Gasteiger partial charge < -0.3 is 14.8 Å². The van der Waals surface area contributed by atoms with Crippen LogP contribution >= 0.6 is 0 Å². The van der Waals surface area contributed by atoms with E-state index >= 15 is 0 Å². The van der Waals surface area contributed by atoms with Crippen LogP contribution in [0.25, 0.3) is 6.08 Å². The first-order valence-electron chi connectivity index (χ1n) is 7.17. The van der Waals surface area contributed by atoms with Crippen molar-refractivity contribution < 1.29 is 14.3 Å². The summed E-state index contributed by atoms with van der Waals surface area (Å²) in [6.07, 6.45) is 2.16. The standard InChI is InChI=1S/C17H25NO3/c1-13(2)16(12-18-9-10-20-3)11-14-5-7-15(8-6-14)17(19)21-4/h5-8,11,13,18H,9-10,12H2,1-4H3. The van der Waals surface area contributed by atoms with Crippen molar-refractivity contribution in [2.24, 2.45) is 5.92 Å². The summed E-state index contributed by atoms with van der Waals surface area (Å²) >= 11 is 0. The van der Waals surface area contributed by atoms with Gasteiger partial charge in [0.2, 0.25) is 0 Å². The van der Waals surface area contributed by atoms with Gasteiger partial charge in [0, 0.05) is 20.2 Å². The Hall–Kier alpha value is -1.65. The summed E-state index contributed by atoms with van der Waals surface area (Å²) in [5, 5.41) is 3.36. The maximum Gasteiger partial charge on any atom is 0.337 e. The van der Waals surface area contributed by atoms with Crippen LogP contribution in [0.15, 0.2) is 29.8 Å². The molecule has 21 heavy (non-hydrogen) atoms. The first-order chi connectivity index (χ1) is 10.1. The molecule has 4 nitrogen and oxygen atoms in total. The van der Waals surface area contributed by atoms with Crippen LogP contribution in [0.1, 0.15) is 29.8 Å². The van der Waals surface area contributed by atoms with Gasteiger partial charge in [-0.15, -0.1) is 0 Å². The smallest absolute Gasteiger partial charge is 0.337 e. The lowest BCUT2D eigenvalue weighted by molar-refractivity contribution is 0.0600. The zero-order valence-electron chi connectivity index (χ0n) is 13.3. The fourth-order valence-electron chi connectivity index (χ4n) is 1.88. The molecule has 1 N–H and O–H groups in total. The predicted octanol–water partition coefficient (Wildman–Crippen LogP) is 2.75. The van der Waals surface area contributed by atoms with Gasteiger partial charge in [-0.3, -0.25) is 0 Å². The summed E-state index contributed by atoms with van der Waals surface area (Å²) in [6.45, 7) is 6.72. The zero-order valence-corrected chi connectivity index (χ0v) is 13.3. The molecular formula is C17H25NO3. The van der Waals surface area contributed by atoms with Gasteiger partial charge in [-0.05, 0) is 23.6 Å². The molecule has 116 valence electrons. The molecule has 0 aliphatic carbocycles. The Morgan fingerprint density at radius 3 is 2.43 bits per heavy atom. The number of methoxy groups -OCH3 is 2. The van der Waals surface area contributed by atoms with Gasteiger partial charge in [0.25, 0.3) is 0 Å². The van der Waals surface area contributed by atoms with Crippen molar-refractivity contribution >= 4 is 12.0 Å². The molecule has 0 amide bonds. The van der Waals surface area contributed by atoms with Gasteiger partial charge in [0.15, 0.2) is 0 Å². The number of carbonyl (C=O) groups excluding carboxylic acids is 1. The van der Waals surface area contributed by atoms with Crippen LogP contribution in [0.4, 0.5) is 0 Å². The third kappa shape index (κ3) is 6.10. The molecule has 0 heterocycles. The van der Waals surface area contributed by atoms with Crippen LogP contribution in [0.2, 0.25) is 0 Å². The fraction of sp³-hybridized carbons (Fsp3) is 0.471. The quantitative estimate of drug-likeness (QED) is 0.591. The molecular weight excluding hydrogens is 266 g/mol. The number of nitrogens with one attached hydrogen (secondary N) is 1. The number of esters is 1. The Bertz CT molecular complexity index is 463. The van der Waals surface area contributed by atoms with Crippen LogP contribution in [-0.4, -0.2) is 39.9 Å². The Morgan fingerprint density at radius 2 is 1.90 bits per heavy atom. The molecule has 0 saturated heterocycles. The van der Waals surface area contributed by atoms with E-state index in [0.717, 1.165) is 18.7 Å². The summed E-state index contributed by atoms with van der Waals surface area (Å²) in [5.41, 5.74) is 2.97. The molecule has 0 unspecified atom stereocenters. The number of hydrogen-bond donors (Lipinski definition) is 1. The van der Waals surface area contributed by atoms with Gasteiger partial charge >= 0.3 is 5.97 Å². The Labute approximate surface area is 127 Å². The van der Waals surface area contributed by atoms with Crippen molar-refractivity contribution in [3.63, 3.8) is 0 Å². The summed E-state index contributed by atoms with van der Waals surface area (Å²) in [6, 6.07) is 7.44. The normalized spacial score (nSPS) is 11.8. The first kappa shape index (κ1) is 17.4. The van der Waals surface area contributed by atoms with Gasteiger partial charge in [-0.1, -0.05) is 37.6 Å². The van der Waals surface area contributed by atoms with E-state index in [1.54, 1.807) is 19.2 Å². The highest BCUT2D eigenvalue weighted by Gasteiger charge is 2.06. The van der Waals surface area contributed by atoms with E-state index in [9.17, 15) is 4.79 Å². The molecule has 0 atom stereocenters. The van der Waals surface area contributed by atoms with Crippen molar-refractivity contribution in [3.05, 3.63) is 41.0 Å². The minimum Gasteiger partial charge on any atom is -0.465 e. The van der Waals surface area contributed by atoms with E-state index in [1.165, 1.54) is 12.7 Å². The summed E-state index contributed by atoms with van der Waals surface area (Å²) < 4.78 is 9.72. The molecule has 0 aromatic heterocycles. The number of ether oxygens (including phenoxy) is 2. The maximum atomic E-state index is 11.4. The van der Waals surface area contributed by atoms with Crippen LogP contribution in [0.5, 0.6) is 0 Å². The van der Waals surface area contributed by atoms with E-state index < -0.39 is 0 Å². The predicted molar refractivity (Wildman–Crippen MR) is 85.3 cm³/mol. The van der Waals surface area contributed by atoms with Crippen LogP contribution < -0.4 is 5.32 Å². The summed E-state index contributed by atoms with van der Waals surface area (Å²) in [7, 11) is 3.09. The van der Waals surface area contributed by atoms with Gasteiger partial charge in [-0.25, -0.2) is 4.79 Å². The summed E-state index contributed by atoms with van der Waals surface area (Å²) in [5.74, 6) is 0.149. The van der Waals surface area contributed by atoms with E-state index in [1.807, 2.05) is 12.1 Å². The molecule has 0 radical (unpaired) electrons. The third-order valence-corrected chi connectivity index (χ3v) is 3.24. The molecule has 0 aliphatic rings. The van der Waals surface area contributed by atoms with Crippen LogP contribution in [-0.2, 0) is 9.47 Å². The highest BCUT2D eigenvalue weighted by molar-refractivity contribution is 5.89. The van der Waals surface area contributed by atoms with Gasteiger partial charge in [0.05, 0.1) is 19.3 Å². The number of rotatable bonds is 8. The minimum absolute atomic E-state index is 0.309. The third-order valence-electron chi connectivity index (χ3n) is 3.24. The lowest BCUT2D eigenvalue weighted by Gasteiger charge is -2.13. The van der Waals surface area contributed by atoms with Crippen molar-refractivity contribution in [2.75, 3.05) is 33.9 Å². The number of hydrogen-bond acceptors (Lipinski definition) is 4. The molecule has 0 saturated carbocycles. The average molecular weight is 291 g/mol. The number of benzene rings is 1. The zero-order chi connectivity index (χ0) is 15.7. The molecule has 0 aliphatic heterocycles.